The molecule has 2 aliphatic rings. The number of aromatic nitrogens is 4. The fourth-order valence-corrected chi connectivity index (χ4v) is 9.38. The van der Waals surface area contributed by atoms with E-state index in [1.54, 1.807) is 21.6 Å². The van der Waals surface area contributed by atoms with E-state index in [2.05, 4.69) is 44.2 Å². The number of rotatable bonds is 6. The average Bonchev–Trinajstić information content (AvgIpc) is 3.61. The molecular formula is C25H30N4S4. The molecule has 174 valence electrons. The van der Waals surface area contributed by atoms with Gasteiger partial charge in [0.05, 0.1) is 22.1 Å². The third-order valence-corrected chi connectivity index (χ3v) is 11.7. The van der Waals surface area contributed by atoms with Gasteiger partial charge in [-0.1, -0.05) is 78.0 Å². The summed E-state index contributed by atoms with van der Waals surface area (Å²) in [7, 11) is 7.56. The van der Waals surface area contributed by atoms with Crippen molar-refractivity contribution in [1.29, 1.82) is 0 Å². The van der Waals surface area contributed by atoms with Crippen LogP contribution < -0.4 is 0 Å². The molecule has 2 fully saturated rings. The second kappa shape index (κ2) is 12.0. The van der Waals surface area contributed by atoms with Gasteiger partial charge in [-0.25, -0.2) is 9.97 Å². The van der Waals surface area contributed by atoms with Crippen molar-refractivity contribution in [3.63, 3.8) is 0 Å². The van der Waals surface area contributed by atoms with Gasteiger partial charge in [-0.05, 0) is 71.5 Å². The van der Waals surface area contributed by atoms with Crippen molar-refractivity contribution < 1.29 is 0 Å². The van der Waals surface area contributed by atoms with Gasteiger partial charge in [-0.3, -0.25) is 0 Å². The molecule has 0 aliphatic heterocycles. The maximum Gasteiger partial charge on any atom is 0.177 e. The molecule has 4 nitrogen and oxygen atoms in total. The minimum Gasteiger partial charge on any atom is -0.332 e. The molecule has 0 atom stereocenters. The van der Waals surface area contributed by atoms with Crippen LogP contribution in [0.4, 0.5) is 0 Å². The number of fused-ring (bicyclic) bond motifs is 2. The first-order valence-corrected chi connectivity index (χ1v) is 16.3. The highest BCUT2D eigenvalue weighted by atomic mass is 33.1. The molecule has 2 heterocycles. The van der Waals surface area contributed by atoms with Crippen LogP contribution in [-0.2, 0) is 0 Å². The van der Waals surface area contributed by atoms with E-state index < -0.39 is 0 Å². The molecule has 33 heavy (non-hydrogen) atoms. The largest absolute Gasteiger partial charge is 0.332 e. The lowest BCUT2D eigenvalue weighted by molar-refractivity contribution is 0.517. The van der Waals surface area contributed by atoms with Crippen LogP contribution in [0.2, 0.25) is 0 Å². The van der Waals surface area contributed by atoms with E-state index in [9.17, 15) is 0 Å². The summed E-state index contributed by atoms with van der Waals surface area (Å²) in [4.78, 5) is 15.9. The molecule has 8 heteroatoms. The average molecular weight is 515 g/mol. The number of H-pyrrole nitrogens is 2. The zero-order chi connectivity index (χ0) is 22.3. The Balaban J connectivity index is 0.000000139. The number of nitrogens with zero attached hydrogens (tertiary/aromatic N) is 2. The minimum atomic E-state index is 0.821. The smallest absolute Gasteiger partial charge is 0.177 e. The molecule has 0 spiro atoms. The Labute approximate surface area is 211 Å². The van der Waals surface area contributed by atoms with Gasteiger partial charge in [0.25, 0.3) is 0 Å². The lowest BCUT2D eigenvalue weighted by atomic mass is 10.0. The van der Waals surface area contributed by atoms with Gasteiger partial charge in [-0.2, -0.15) is 0 Å². The third kappa shape index (κ3) is 6.68. The number of benzene rings is 2. The van der Waals surface area contributed by atoms with Crippen molar-refractivity contribution in [2.45, 2.75) is 78.6 Å². The predicted octanol–water partition coefficient (Wildman–Crippen LogP) is 8.88. The van der Waals surface area contributed by atoms with Crippen LogP contribution in [0, 0.1) is 0 Å². The van der Waals surface area contributed by atoms with Gasteiger partial charge in [-0.15, -0.1) is 0 Å². The van der Waals surface area contributed by atoms with Crippen molar-refractivity contribution >= 4 is 65.2 Å². The number of imidazole rings is 2. The van der Waals surface area contributed by atoms with Crippen molar-refractivity contribution in [3.05, 3.63) is 48.5 Å². The van der Waals surface area contributed by atoms with Crippen LogP contribution in [0.1, 0.15) is 57.8 Å². The number of para-hydroxylation sites is 4. The Hall–Kier alpha value is -1.22. The highest BCUT2D eigenvalue weighted by molar-refractivity contribution is 8.77. The summed E-state index contributed by atoms with van der Waals surface area (Å²) < 4.78 is 0. The molecule has 2 aromatic heterocycles. The quantitative estimate of drug-likeness (QED) is 0.251. The van der Waals surface area contributed by atoms with Crippen LogP contribution in [-0.4, -0.2) is 30.4 Å². The Kier molecular flexibility index (Phi) is 8.52. The van der Waals surface area contributed by atoms with E-state index in [4.69, 9.17) is 0 Å². The molecule has 2 aromatic carbocycles. The lowest BCUT2D eigenvalue weighted by Gasteiger charge is -2.19. The summed E-state index contributed by atoms with van der Waals surface area (Å²) >= 11 is 0. The maximum absolute atomic E-state index is 4.58. The molecule has 0 unspecified atom stereocenters. The fraction of sp³-hybridized carbons (Fsp3) is 0.440. The van der Waals surface area contributed by atoms with Crippen molar-refractivity contribution in [2.24, 2.45) is 0 Å². The number of nitrogens with one attached hydrogen (secondary N) is 2. The summed E-state index contributed by atoms with van der Waals surface area (Å²) in [5, 5.41) is 3.74. The van der Waals surface area contributed by atoms with Crippen LogP contribution in [0.25, 0.3) is 22.1 Å². The third-order valence-electron chi connectivity index (χ3n) is 6.12. The summed E-state index contributed by atoms with van der Waals surface area (Å²) in [5.41, 5.74) is 4.41. The van der Waals surface area contributed by atoms with Gasteiger partial charge < -0.3 is 9.97 Å². The topological polar surface area (TPSA) is 57.4 Å². The van der Waals surface area contributed by atoms with E-state index in [1.807, 2.05) is 45.9 Å². The van der Waals surface area contributed by atoms with E-state index in [1.165, 1.54) is 57.8 Å². The van der Waals surface area contributed by atoms with Crippen molar-refractivity contribution in [3.8, 4) is 0 Å². The maximum atomic E-state index is 4.58. The first-order chi connectivity index (χ1) is 16.3. The first kappa shape index (κ1) is 23.5. The molecule has 2 aliphatic carbocycles. The fourth-order valence-electron chi connectivity index (χ4n) is 4.31. The number of hydrogen-bond acceptors (Lipinski definition) is 6. The van der Waals surface area contributed by atoms with E-state index in [0.29, 0.717) is 0 Å². The number of hydrogen-bond donors (Lipinski definition) is 2. The van der Waals surface area contributed by atoms with Gasteiger partial charge in [0, 0.05) is 10.5 Å². The summed E-state index contributed by atoms with van der Waals surface area (Å²) in [6.45, 7) is 0. The molecule has 0 saturated heterocycles. The van der Waals surface area contributed by atoms with E-state index >= 15 is 0 Å². The summed E-state index contributed by atoms with van der Waals surface area (Å²) in [6, 6.07) is 16.4. The Morgan fingerprint density at radius 1 is 0.576 bits per heavy atom. The molecule has 4 aromatic rings. The van der Waals surface area contributed by atoms with Crippen molar-refractivity contribution in [2.75, 3.05) is 0 Å². The molecule has 0 amide bonds. The van der Waals surface area contributed by atoms with Crippen LogP contribution in [0.15, 0.2) is 58.8 Å². The highest BCUT2D eigenvalue weighted by Gasteiger charge is 2.17. The second-order valence-corrected chi connectivity index (χ2v) is 13.6. The van der Waals surface area contributed by atoms with Crippen molar-refractivity contribution in [1.82, 2.24) is 19.9 Å². The molecular weight excluding hydrogens is 485 g/mol. The van der Waals surface area contributed by atoms with Gasteiger partial charge in [0.1, 0.15) is 0 Å². The summed E-state index contributed by atoms with van der Waals surface area (Å²) in [6.07, 6.45) is 12.5. The Morgan fingerprint density at radius 3 is 1.45 bits per heavy atom. The SMILES string of the molecule is c1ccc2[nH]c(SSC3CCCC3)nc2c1.c1ccc2[nH]c(SSC3CCCCC3)nc2c1. The monoisotopic (exact) mass is 514 g/mol. The van der Waals surface area contributed by atoms with Gasteiger partial charge in [0.2, 0.25) is 0 Å². The normalized spacial score (nSPS) is 17.5. The second-order valence-electron chi connectivity index (χ2n) is 8.64. The van der Waals surface area contributed by atoms with E-state index in [0.717, 1.165) is 42.9 Å². The molecule has 2 saturated carbocycles. The highest BCUT2D eigenvalue weighted by Crippen LogP contribution is 2.41. The first-order valence-electron chi connectivity index (χ1n) is 11.9. The standard InChI is InChI=1S/C13H16N2S2.C12H14N2S2/c1-2-6-10(7-3-1)16-17-13-14-11-8-4-5-9-12(11)15-13;1-2-6-9(5-1)15-16-12-13-10-7-3-4-8-11(10)14-12/h4-5,8-10H,1-3,6-7H2,(H,14,15);3-4,7-9H,1-2,5-6H2,(H,13,14). The van der Waals surface area contributed by atoms with Gasteiger partial charge >= 0.3 is 0 Å². The minimum absolute atomic E-state index is 0.821. The molecule has 6 rings (SSSR count). The van der Waals surface area contributed by atoms with Crippen LogP contribution in [0.3, 0.4) is 0 Å². The number of aromatic amines is 2. The predicted molar refractivity (Wildman–Crippen MR) is 148 cm³/mol. The Morgan fingerprint density at radius 2 is 1.00 bits per heavy atom. The lowest BCUT2D eigenvalue weighted by Crippen LogP contribution is -2.06. The van der Waals surface area contributed by atoms with Gasteiger partial charge in [0.15, 0.2) is 10.3 Å². The summed E-state index contributed by atoms with van der Waals surface area (Å²) in [5.74, 6) is 0. The van der Waals surface area contributed by atoms with E-state index in [-0.39, 0.29) is 0 Å². The zero-order valence-corrected chi connectivity index (χ0v) is 21.9. The molecule has 0 bridgehead atoms. The van der Waals surface area contributed by atoms with Crippen LogP contribution in [0.5, 0.6) is 0 Å². The molecule has 0 radical (unpaired) electrons. The van der Waals surface area contributed by atoms with Crippen LogP contribution >= 0.6 is 43.2 Å². The zero-order valence-electron chi connectivity index (χ0n) is 18.7. The molecule has 2 N–H and O–H groups in total. The Bertz CT molecular complexity index is 1080.